The summed E-state index contributed by atoms with van der Waals surface area (Å²) in [6.07, 6.45) is 0. The second-order valence-corrected chi connectivity index (χ2v) is 7.51. The number of hydrogen-bond acceptors (Lipinski definition) is 4. The van der Waals surface area contributed by atoms with Gasteiger partial charge in [0.25, 0.3) is 15.9 Å². The molecule has 1 amide bonds. The number of rotatable bonds is 6. The van der Waals surface area contributed by atoms with Gasteiger partial charge in [0, 0.05) is 16.9 Å². The van der Waals surface area contributed by atoms with E-state index in [1.165, 1.54) is 55.6 Å². The van der Waals surface area contributed by atoms with Crippen LogP contribution in [-0.4, -0.2) is 21.4 Å². The number of halogens is 1. The zero-order chi connectivity index (χ0) is 20.1. The summed E-state index contributed by atoms with van der Waals surface area (Å²) >= 11 is 0. The third kappa shape index (κ3) is 4.66. The molecule has 0 saturated carbocycles. The van der Waals surface area contributed by atoms with Gasteiger partial charge in [0.2, 0.25) is 0 Å². The number of ether oxygens (including phenoxy) is 1. The van der Waals surface area contributed by atoms with Crippen molar-refractivity contribution in [3.63, 3.8) is 0 Å². The number of sulfonamides is 1. The Bertz CT molecular complexity index is 1080. The summed E-state index contributed by atoms with van der Waals surface area (Å²) in [5, 5.41) is 2.62. The molecule has 0 atom stereocenters. The average Bonchev–Trinajstić information content (AvgIpc) is 2.69. The molecule has 0 saturated heterocycles. The van der Waals surface area contributed by atoms with E-state index >= 15 is 0 Å². The Hall–Kier alpha value is -3.39. The van der Waals surface area contributed by atoms with E-state index in [2.05, 4.69) is 10.0 Å². The summed E-state index contributed by atoms with van der Waals surface area (Å²) in [6.45, 7) is 0. The highest BCUT2D eigenvalue weighted by Crippen LogP contribution is 2.20. The molecule has 0 aliphatic rings. The third-order valence-electron chi connectivity index (χ3n) is 3.85. The van der Waals surface area contributed by atoms with Crippen molar-refractivity contribution in [2.45, 2.75) is 4.90 Å². The molecular weight excluding hydrogens is 383 g/mol. The minimum Gasteiger partial charge on any atom is -0.497 e. The first kappa shape index (κ1) is 19.4. The summed E-state index contributed by atoms with van der Waals surface area (Å²) in [7, 11) is -2.33. The van der Waals surface area contributed by atoms with Gasteiger partial charge in [-0.15, -0.1) is 0 Å². The molecule has 0 radical (unpaired) electrons. The van der Waals surface area contributed by atoms with Crippen molar-refractivity contribution < 1.29 is 22.3 Å². The lowest BCUT2D eigenvalue weighted by Crippen LogP contribution is -2.15. The molecule has 0 aliphatic carbocycles. The fourth-order valence-electron chi connectivity index (χ4n) is 2.43. The van der Waals surface area contributed by atoms with Crippen molar-refractivity contribution in [3.05, 3.63) is 84.2 Å². The number of benzene rings is 3. The lowest BCUT2D eigenvalue weighted by atomic mass is 10.2. The molecule has 0 fully saturated rings. The predicted molar refractivity (Wildman–Crippen MR) is 105 cm³/mol. The van der Waals surface area contributed by atoms with Gasteiger partial charge in [-0.25, -0.2) is 12.8 Å². The zero-order valence-electron chi connectivity index (χ0n) is 14.8. The van der Waals surface area contributed by atoms with Crippen molar-refractivity contribution in [2.24, 2.45) is 0 Å². The fourth-order valence-corrected chi connectivity index (χ4v) is 3.48. The second kappa shape index (κ2) is 8.10. The van der Waals surface area contributed by atoms with Crippen LogP contribution >= 0.6 is 0 Å². The molecule has 2 N–H and O–H groups in total. The van der Waals surface area contributed by atoms with Gasteiger partial charge < -0.3 is 10.1 Å². The number of carbonyl (C=O) groups is 1. The lowest BCUT2D eigenvalue weighted by Gasteiger charge is -2.10. The molecule has 28 heavy (non-hydrogen) atoms. The molecule has 0 aliphatic heterocycles. The van der Waals surface area contributed by atoms with Gasteiger partial charge >= 0.3 is 0 Å². The summed E-state index contributed by atoms with van der Waals surface area (Å²) in [6, 6.07) is 17.3. The van der Waals surface area contributed by atoms with E-state index in [1.54, 1.807) is 24.3 Å². The van der Waals surface area contributed by atoms with Crippen molar-refractivity contribution >= 4 is 27.3 Å². The normalized spacial score (nSPS) is 10.9. The van der Waals surface area contributed by atoms with Crippen LogP contribution in [0.15, 0.2) is 77.7 Å². The molecule has 0 spiro atoms. The number of anilines is 2. The van der Waals surface area contributed by atoms with Crippen molar-refractivity contribution in [3.8, 4) is 5.75 Å². The standard InChI is InChI=1S/C20H17FN2O4S/c1-27-18-9-11-19(12-10-18)28(25,26)23-17-4-2-3-14(13-17)20(24)22-16-7-5-15(21)6-8-16/h2-13,23H,1H3,(H,22,24). The van der Waals surface area contributed by atoms with E-state index in [0.717, 1.165) is 0 Å². The van der Waals surface area contributed by atoms with Gasteiger partial charge in [-0.05, 0) is 66.7 Å². The number of amides is 1. The Labute approximate surface area is 162 Å². The molecule has 3 aromatic rings. The molecule has 3 rings (SSSR count). The molecule has 0 aromatic heterocycles. The van der Waals surface area contributed by atoms with Gasteiger partial charge in [0.05, 0.1) is 12.0 Å². The number of methoxy groups -OCH3 is 1. The van der Waals surface area contributed by atoms with Gasteiger partial charge in [-0.2, -0.15) is 0 Å². The van der Waals surface area contributed by atoms with Crippen molar-refractivity contribution in [1.29, 1.82) is 0 Å². The Morgan fingerprint density at radius 3 is 2.25 bits per heavy atom. The van der Waals surface area contributed by atoms with E-state index in [-0.39, 0.29) is 16.1 Å². The number of hydrogen-bond donors (Lipinski definition) is 2. The van der Waals surface area contributed by atoms with E-state index in [4.69, 9.17) is 4.74 Å². The molecule has 144 valence electrons. The van der Waals surface area contributed by atoms with Gasteiger partial charge in [0.15, 0.2) is 0 Å². The monoisotopic (exact) mass is 400 g/mol. The molecule has 0 heterocycles. The van der Waals surface area contributed by atoms with Gasteiger partial charge in [0.1, 0.15) is 11.6 Å². The van der Waals surface area contributed by atoms with Crippen molar-refractivity contribution in [2.75, 3.05) is 17.1 Å². The summed E-state index contributed by atoms with van der Waals surface area (Å²) in [4.78, 5) is 12.4. The molecule has 0 unspecified atom stereocenters. The lowest BCUT2D eigenvalue weighted by molar-refractivity contribution is 0.102. The molecule has 0 bridgehead atoms. The van der Waals surface area contributed by atoms with Crippen LogP contribution in [0.3, 0.4) is 0 Å². The molecule has 3 aromatic carbocycles. The highest BCUT2D eigenvalue weighted by atomic mass is 32.2. The summed E-state index contributed by atoms with van der Waals surface area (Å²) < 4.78 is 45.4. The Morgan fingerprint density at radius 2 is 1.61 bits per heavy atom. The average molecular weight is 400 g/mol. The van der Waals surface area contributed by atoms with Crippen LogP contribution in [-0.2, 0) is 10.0 Å². The van der Waals surface area contributed by atoms with Crippen LogP contribution in [0.2, 0.25) is 0 Å². The van der Waals surface area contributed by atoms with E-state index in [0.29, 0.717) is 11.4 Å². The largest absolute Gasteiger partial charge is 0.497 e. The third-order valence-corrected chi connectivity index (χ3v) is 5.25. The highest BCUT2D eigenvalue weighted by Gasteiger charge is 2.15. The summed E-state index contributed by atoms with van der Waals surface area (Å²) in [5.41, 5.74) is 0.914. The topological polar surface area (TPSA) is 84.5 Å². The van der Waals surface area contributed by atoms with Crippen LogP contribution < -0.4 is 14.8 Å². The van der Waals surface area contributed by atoms with E-state index < -0.39 is 21.7 Å². The quantitative estimate of drug-likeness (QED) is 0.658. The van der Waals surface area contributed by atoms with Gasteiger partial charge in [-0.1, -0.05) is 6.07 Å². The zero-order valence-corrected chi connectivity index (χ0v) is 15.7. The maximum absolute atomic E-state index is 13.0. The minimum absolute atomic E-state index is 0.0643. The number of nitrogens with one attached hydrogen (secondary N) is 2. The Morgan fingerprint density at radius 1 is 0.929 bits per heavy atom. The van der Waals surface area contributed by atoms with Crippen LogP contribution in [0, 0.1) is 5.82 Å². The van der Waals surface area contributed by atoms with E-state index in [9.17, 15) is 17.6 Å². The molecular formula is C20H17FN2O4S. The molecule has 8 heteroatoms. The van der Waals surface area contributed by atoms with Crippen LogP contribution in [0.4, 0.5) is 15.8 Å². The first-order valence-electron chi connectivity index (χ1n) is 8.21. The second-order valence-electron chi connectivity index (χ2n) is 5.82. The van der Waals surface area contributed by atoms with Crippen molar-refractivity contribution in [1.82, 2.24) is 0 Å². The minimum atomic E-state index is -3.82. The van der Waals surface area contributed by atoms with E-state index in [1.807, 2.05) is 0 Å². The van der Waals surface area contributed by atoms with Crippen LogP contribution in [0.5, 0.6) is 5.75 Å². The first-order chi connectivity index (χ1) is 13.4. The molecule has 6 nitrogen and oxygen atoms in total. The smallest absolute Gasteiger partial charge is 0.261 e. The Balaban J connectivity index is 1.76. The highest BCUT2D eigenvalue weighted by molar-refractivity contribution is 7.92. The Kier molecular flexibility index (Phi) is 5.60. The number of carbonyl (C=O) groups excluding carboxylic acids is 1. The SMILES string of the molecule is COc1ccc(S(=O)(=O)Nc2cccc(C(=O)Nc3ccc(F)cc3)c2)cc1. The first-order valence-corrected chi connectivity index (χ1v) is 9.69. The maximum atomic E-state index is 13.0. The maximum Gasteiger partial charge on any atom is 0.261 e. The fraction of sp³-hybridized carbons (Fsp3) is 0.0500. The van der Waals surface area contributed by atoms with Gasteiger partial charge in [-0.3, -0.25) is 9.52 Å². The van der Waals surface area contributed by atoms with Crippen LogP contribution in [0.1, 0.15) is 10.4 Å². The summed E-state index contributed by atoms with van der Waals surface area (Å²) in [5.74, 6) is -0.316. The van der Waals surface area contributed by atoms with Crippen LogP contribution in [0.25, 0.3) is 0 Å². The predicted octanol–water partition coefficient (Wildman–Crippen LogP) is 3.89.